The van der Waals surface area contributed by atoms with E-state index in [4.69, 9.17) is 4.74 Å². The molecule has 0 aliphatic rings. The number of benzene rings is 1. The molecule has 11 heteroatoms. The summed E-state index contributed by atoms with van der Waals surface area (Å²) in [6, 6.07) is 3.71. The first-order valence-electron chi connectivity index (χ1n) is 7.73. The summed E-state index contributed by atoms with van der Waals surface area (Å²) in [4.78, 5) is 27.9. The van der Waals surface area contributed by atoms with Crippen molar-refractivity contribution < 1.29 is 27.5 Å². The third-order valence-corrected chi connectivity index (χ3v) is 5.79. The van der Waals surface area contributed by atoms with E-state index in [1.807, 2.05) is 0 Å². The van der Waals surface area contributed by atoms with Crippen LogP contribution >= 0.6 is 11.3 Å². The van der Waals surface area contributed by atoms with Gasteiger partial charge in [0.05, 0.1) is 20.4 Å². The summed E-state index contributed by atoms with van der Waals surface area (Å²) in [7, 11) is -1.29. The molecule has 1 amide bonds. The van der Waals surface area contributed by atoms with Crippen LogP contribution in [0.1, 0.15) is 33.9 Å². The smallest absolute Gasteiger partial charge is 0.349 e. The van der Waals surface area contributed by atoms with Gasteiger partial charge >= 0.3 is 5.97 Å². The molecule has 0 atom stereocenters. The highest BCUT2D eigenvalue weighted by molar-refractivity contribution is 7.89. The third kappa shape index (κ3) is 5.02. The second-order valence-electron chi connectivity index (χ2n) is 5.62. The molecule has 0 spiro atoms. The number of carbonyl (C=O) groups is 2. The number of nitrogens with zero attached hydrogens (tertiary/aromatic N) is 1. The Labute approximate surface area is 160 Å². The number of aromatic nitrogens is 1. The molecular formula is C16H19N3O6S2. The van der Waals surface area contributed by atoms with E-state index >= 15 is 0 Å². The molecule has 0 saturated carbocycles. The minimum atomic E-state index is -3.87. The zero-order valence-corrected chi connectivity index (χ0v) is 16.7. The minimum Gasteiger partial charge on any atom is -0.495 e. The molecule has 0 aliphatic carbocycles. The summed E-state index contributed by atoms with van der Waals surface area (Å²) in [6.07, 6.45) is 1.28. The van der Waals surface area contributed by atoms with Crippen LogP contribution in [0.3, 0.4) is 0 Å². The maximum Gasteiger partial charge on any atom is 0.349 e. The fourth-order valence-electron chi connectivity index (χ4n) is 2.10. The highest BCUT2D eigenvalue weighted by atomic mass is 32.2. The van der Waals surface area contributed by atoms with E-state index in [0.29, 0.717) is 0 Å². The van der Waals surface area contributed by atoms with Crippen LogP contribution in [0, 0.1) is 0 Å². The largest absolute Gasteiger partial charge is 0.495 e. The van der Waals surface area contributed by atoms with E-state index < -0.39 is 21.9 Å². The van der Waals surface area contributed by atoms with Crippen molar-refractivity contribution in [2.24, 2.45) is 0 Å². The monoisotopic (exact) mass is 413 g/mol. The second-order valence-corrected chi connectivity index (χ2v) is 8.33. The third-order valence-electron chi connectivity index (χ3n) is 3.22. The highest BCUT2D eigenvalue weighted by Gasteiger charge is 2.23. The number of amides is 1. The average molecular weight is 413 g/mol. The number of thiazole rings is 1. The molecule has 0 fully saturated rings. The second kappa shape index (κ2) is 8.46. The van der Waals surface area contributed by atoms with Gasteiger partial charge in [0.25, 0.3) is 5.91 Å². The summed E-state index contributed by atoms with van der Waals surface area (Å²) in [5, 5.41) is 2.70. The van der Waals surface area contributed by atoms with Crippen LogP contribution in [-0.4, -0.2) is 45.5 Å². The van der Waals surface area contributed by atoms with Crippen LogP contribution in [0.15, 0.2) is 29.3 Å². The predicted octanol–water partition coefficient (Wildman–Crippen LogP) is 1.88. The lowest BCUT2D eigenvalue weighted by Gasteiger charge is -2.14. The van der Waals surface area contributed by atoms with Gasteiger partial charge in [0.1, 0.15) is 15.5 Å². The molecule has 146 valence electrons. The van der Waals surface area contributed by atoms with Gasteiger partial charge in [-0.05, 0) is 32.0 Å². The van der Waals surface area contributed by atoms with E-state index in [-0.39, 0.29) is 32.3 Å². The molecule has 2 aromatic rings. The van der Waals surface area contributed by atoms with Gasteiger partial charge in [-0.2, -0.15) is 0 Å². The van der Waals surface area contributed by atoms with Crippen molar-refractivity contribution in [3.05, 3.63) is 34.8 Å². The normalized spacial score (nSPS) is 11.3. The van der Waals surface area contributed by atoms with Gasteiger partial charge in [0.2, 0.25) is 10.0 Å². The number of methoxy groups -OCH3 is 2. The number of rotatable bonds is 7. The van der Waals surface area contributed by atoms with Gasteiger partial charge in [-0.25, -0.2) is 22.9 Å². The molecule has 1 aromatic carbocycles. The van der Waals surface area contributed by atoms with Gasteiger partial charge in [-0.15, -0.1) is 0 Å². The van der Waals surface area contributed by atoms with Crippen molar-refractivity contribution in [2.75, 3.05) is 19.5 Å². The summed E-state index contributed by atoms with van der Waals surface area (Å²) in [5.41, 5.74) is 0.0924. The van der Waals surface area contributed by atoms with E-state index in [0.717, 1.165) is 11.3 Å². The zero-order valence-electron chi connectivity index (χ0n) is 15.1. The van der Waals surface area contributed by atoms with Crippen molar-refractivity contribution in [3.63, 3.8) is 0 Å². The van der Waals surface area contributed by atoms with Crippen LogP contribution in [-0.2, 0) is 14.8 Å². The van der Waals surface area contributed by atoms with Crippen molar-refractivity contribution >= 4 is 38.4 Å². The maximum atomic E-state index is 12.5. The Morgan fingerprint density at radius 1 is 1.22 bits per heavy atom. The standard InChI is InChI=1S/C16H19N3O6S2/c1-9(2)19-27(22,23)13-7-10(5-6-11(13)24-3)14(20)18-16-17-8-12(26-16)15(21)25-4/h5-9,19H,1-4H3,(H,17,18,20). The van der Waals surface area contributed by atoms with Crippen molar-refractivity contribution in [1.29, 1.82) is 0 Å². The Balaban J connectivity index is 2.30. The first kappa shape index (κ1) is 20.8. The Morgan fingerprint density at radius 2 is 1.93 bits per heavy atom. The van der Waals surface area contributed by atoms with Crippen molar-refractivity contribution in [3.8, 4) is 5.75 Å². The summed E-state index contributed by atoms with van der Waals surface area (Å²) >= 11 is 0.941. The van der Waals surface area contributed by atoms with Crippen LogP contribution in [0.2, 0.25) is 0 Å². The lowest BCUT2D eigenvalue weighted by Crippen LogP contribution is -2.30. The molecule has 0 aliphatic heterocycles. The molecule has 1 aromatic heterocycles. The van der Waals surface area contributed by atoms with Crippen molar-refractivity contribution in [1.82, 2.24) is 9.71 Å². The summed E-state index contributed by atoms with van der Waals surface area (Å²) in [6.45, 7) is 3.36. The van der Waals surface area contributed by atoms with Gasteiger partial charge < -0.3 is 9.47 Å². The molecule has 2 N–H and O–H groups in total. The molecule has 1 heterocycles. The highest BCUT2D eigenvalue weighted by Crippen LogP contribution is 2.26. The van der Waals surface area contributed by atoms with Gasteiger partial charge in [-0.1, -0.05) is 11.3 Å². The SMILES string of the molecule is COC(=O)c1cnc(NC(=O)c2ccc(OC)c(S(=O)(=O)NC(C)C)c2)s1. The Bertz CT molecular complexity index is 953. The van der Waals surface area contributed by atoms with Crippen LogP contribution in [0.5, 0.6) is 5.75 Å². The Hall–Kier alpha value is -2.50. The minimum absolute atomic E-state index is 0.0924. The van der Waals surface area contributed by atoms with Gasteiger partial charge in [0.15, 0.2) is 5.13 Å². The fraction of sp³-hybridized carbons (Fsp3) is 0.312. The van der Waals surface area contributed by atoms with E-state index in [9.17, 15) is 18.0 Å². The molecule has 27 heavy (non-hydrogen) atoms. The molecule has 0 radical (unpaired) electrons. The quantitative estimate of drug-likeness (QED) is 0.664. The van der Waals surface area contributed by atoms with E-state index in [1.165, 1.54) is 38.6 Å². The predicted molar refractivity (Wildman–Crippen MR) is 99.9 cm³/mol. The Kier molecular flexibility index (Phi) is 6.52. The Morgan fingerprint density at radius 3 is 2.52 bits per heavy atom. The van der Waals surface area contributed by atoms with E-state index in [1.54, 1.807) is 13.8 Å². The fourth-order valence-corrected chi connectivity index (χ4v) is 4.27. The van der Waals surface area contributed by atoms with Crippen molar-refractivity contribution in [2.45, 2.75) is 24.8 Å². The number of esters is 1. The number of carbonyl (C=O) groups excluding carboxylic acids is 2. The number of hydrogen-bond donors (Lipinski definition) is 2. The van der Waals surface area contributed by atoms with Crippen LogP contribution < -0.4 is 14.8 Å². The number of sulfonamides is 1. The van der Waals surface area contributed by atoms with E-state index in [2.05, 4.69) is 19.8 Å². The summed E-state index contributed by atoms with van der Waals surface area (Å²) < 4.78 is 37.1. The van der Waals surface area contributed by atoms with Crippen LogP contribution in [0.25, 0.3) is 0 Å². The molecule has 2 rings (SSSR count). The maximum absolute atomic E-state index is 12.5. The molecule has 9 nitrogen and oxygen atoms in total. The summed E-state index contributed by atoms with van der Waals surface area (Å²) in [5.74, 6) is -1.03. The first-order valence-corrected chi connectivity index (χ1v) is 10.0. The first-order chi connectivity index (χ1) is 12.7. The molecule has 0 saturated heterocycles. The molecule has 0 bridgehead atoms. The number of nitrogens with one attached hydrogen (secondary N) is 2. The van der Waals surface area contributed by atoms with Gasteiger partial charge in [0, 0.05) is 11.6 Å². The molecular weight excluding hydrogens is 394 g/mol. The zero-order chi connectivity index (χ0) is 20.2. The number of hydrogen-bond acceptors (Lipinski definition) is 8. The topological polar surface area (TPSA) is 124 Å². The van der Waals surface area contributed by atoms with Crippen LogP contribution in [0.4, 0.5) is 5.13 Å². The number of ether oxygens (including phenoxy) is 2. The van der Waals surface area contributed by atoms with Gasteiger partial charge in [-0.3, -0.25) is 10.1 Å². The average Bonchev–Trinajstić information content (AvgIpc) is 3.07. The lowest BCUT2D eigenvalue weighted by molar-refractivity contribution is 0.0606. The lowest BCUT2D eigenvalue weighted by atomic mass is 10.2. The number of anilines is 1. The molecule has 0 unspecified atom stereocenters.